The molecule has 2 aromatic rings. The van der Waals surface area contributed by atoms with Crippen LogP contribution in [0.3, 0.4) is 0 Å². The van der Waals surface area contributed by atoms with Crippen molar-refractivity contribution in [1.82, 2.24) is 15.2 Å². The van der Waals surface area contributed by atoms with E-state index in [2.05, 4.69) is 53.4 Å². The van der Waals surface area contributed by atoms with E-state index in [1.165, 1.54) is 5.56 Å². The van der Waals surface area contributed by atoms with E-state index < -0.39 is 0 Å². The third-order valence-electron chi connectivity index (χ3n) is 3.41. The van der Waals surface area contributed by atoms with Crippen LogP contribution < -0.4 is 5.32 Å². The first-order valence-electron chi connectivity index (χ1n) is 6.99. The Kier molecular flexibility index (Phi) is 5.35. The molecule has 1 aromatic carbocycles. The number of fused-ring (bicyclic) bond motifs is 1. The summed E-state index contributed by atoms with van der Waals surface area (Å²) in [5.41, 5.74) is 3.27. The highest BCUT2D eigenvalue weighted by atomic mass is 35.5. The van der Waals surface area contributed by atoms with Gasteiger partial charge in [-0.05, 0) is 58.2 Å². The average molecular weight is 292 g/mol. The number of nitrogens with one attached hydrogen (secondary N) is 1. The van der Waals surface area contributed by atoms with Crippen molar-refractivity contribution in [1.29, 1.82) is 0 Å². The van der Waals surface area contributed by atoms with Gasteiger partial charge >= 0.3 is 0 Å². The van der Waals surface area contributed by atoms with Gasteiger partial charge in [0, 0.05) is 17.5 Å². The Morgan fingerprint density at radius 3 is 2.85 bits per heavy atom. The first-order chi connectivity index (χ1) is 9.60. The lowest BCUT2D eigenvalue weighted by Crippen LogP contribution is -2.22. The molecular formula is C16H22ClN3. The number of pyridine rings is 1. The van der Waals surface area contributed by atoms with E-state index >= 15 is 0 Å². The minimum Gasteiger partial charge on any atom is -0.320 e. The average Bonchev–Trinajstić information content (AvgIpc) is 2.40. The highest BCUT2D eigenvalue weighted by molar-refractivity contribution is 6.30. The van der Waals surface area contributed by atoms with E-state index in [0.717, 1.165) is 42.5 Å². The Morgan fingerprint density at radius 2 is 2.10 bits per heavy atom. The van der Waals surface area contributed by atoms with Gasteiger partial charge in [-0.15, -0.1) is 0 Å². The van der Waals surface area contributed by atoms with E-state index in [1.807, 2.05) is 7.05 Å². The summed E-state index contributed by atoms with van der Waals surface area (Å²) in [7, 11) is 4.09. The van der Waals surface area contributed by atoms with Gasteiger partial charge in [-0.1, -0.05) is 23.7 Å². The van der Waals surface area contributed by atoms with Crippen molar-refractivity contribution in [2.45, 2.75) is 19.9 Å². The van der Waals surface area contributed by atoms with Gasteiger partial charge in [0.25, 0.3) is 0 Å². The van der Waals surface area contributed by atoms with Crippen molar-refractivity contribution in [2.75, 3.05) is 27.2 Å². The second kappa shape index (κ2) is 7.02. The van der Waals surface area contributed by atoms with Gasteiger partial charge < -0.3 is 10.2 Å². The summed E-state index contributed by atoms with van der Waals surface area (Å²) in [5, 5.41) is 4.93. The molecule has 0 amide bonds. The number of hydrogen-bond donors (Lipinski definition) is 1. The summed E-state index contributed by atoms with van der Waals surface area (Å²) < 4.78 is 0. The number of benzene rings is 1. The maximum absolute atomic E-state index is 6.31. The van der Waals surface area contributed by atoms with Gasteiger partial charge in [-0.3, -0.25) is 0 Å². The van der Waals surface area contributed by atoms with E-state index in [-0.39, 0.29) is 0 Å². The zero-order valence-corrected chi connectivity index (χ0v) is 13.2. The monoisotopic (exact) mass is 291 g/mol. The summed E-state index contributed by atoms with van der Waals surface area (Å²) in [5.74, 6) is 0. The van der Waals surface area contributed by atoms with Crippen LogP contribution in [0.4, 0.5) is 0 Å². The van der Waals surface area contributed by atoms with Crippen molar-refractivity contribution in [3.05, 3.63) is 40.5 Å². The second-order valence-corrected chi connectivity index (χ2v) is 5.69. The molecule has 20 heavy (non-hydrogen) atoms. The third kappa shape index (κ3) is 3.92. The van der Waals surface area contributed by atoms with Crippen LogP contribution in [0.2, 0.25) is 5.15 Å². The molecular weight excluding hydrogens is 270 g/mol. The molecule has 1 N–H and O–H groups in total. The molecule has 108 valence electrons. The maximum Gasteiger partial charge on any atom is 0.134 e. The largest absolute Gasteiger partial charge is 0.320 e. The molecule has 0 bridgehead atoms. The second-order valence-electron chi connectivity index (χ2n) is 5.33. The zero-order valence-electron chi connectivity index (χ0n) is 12.4. The van der Waals surface area contributed by atoms with Gasteiger partial charge in [0.15, 0.2) is 0 Å². The van der Waals surface area contributed by atoms with E-state index in [0.29, 0.717) is 5.15 Å². The van der Waals surface area contributed by atoms with Crippen molar-refractivity contribution in [3.63, 3.8) is 0 Å². The lowest BCUT2D eigenvalue weighted by molar-refractivity contribution is 0.321. The van der Waals surface area contributed by atoms with Crippen LogP contribution in [0.5, 0.6) is 0 Å². The minimum atomic E-state index is 0.614. The SMILES string of the molecule is CNCCCN(C)Cc1cc2ccc(C)cc2nc1Cl. The lowest BCUT2D eigenvalue weighted by atomic mass is 10.1. The Balaban J connectivity index is 2.13. The molecule has 0 aliphatic carbocycles. The Labute approximate surface area is 126 Å². The van der Waals surface area contributed by atoms with Gasteiger partial charge in [0.1, 0.15) is 5.15 Å². The summed E-state index contributed by atoms with van der Waals surface area (Å²) in [6.45, 7) is 4.98. The molecule has 0 saturated heterocycles. The fourth-order valence-electron chi connectivity index (χ4n) is 2.30. The standard InChI is InChI=1S/C16H22ClN3/c1-12-5-6-13-10-14(16(17)19-15(13)9-12)11-20(3)8-4-7-18-2/h5-6,9-10,18H,4,7-8,11H2,1-3H3. The molecule has 1 heterocycles. The van der Waals surface area contributed by atoms with E-state index in [4.69, 9.17) is 11.6 Å². The zero-order chi connectivity index (χ0) is 14.5. The first kappa shape index (κ1) is 15.2. The lowest BCUT2D eigenvalue weighted by Gasteiger charge is -2.17. The van der Waals surface area contributed by atoms with Crippen LogP contribution in [-0.2, 0) is 6.54 Å². The van der Waals surface area contributed by atoms with Crippen molar-refractivity contribution in [3.8, 4) is 0 Å². The molecule has 0 radical (unpaired) electrons. The Morgan fingerprint density at radius 1 is 1.30 bits per heavy atom. The molecule has 1 aromatic heterocycles. The highest BCUT2D eigenvalue weighted by Crippen LogP contribution is 2.22. The molecule has 0 spiro atoms. The van der Waals surface area contributed by atoms with Crippen molar-refractivity contribution < 1.29 is 0 Å². The highest BCUT2D eigenvalue weighted by Gasteiger charge is 2.08. The Bertz CT molecular complexity index is 583. The van der Waals surface area contributed by atoms with Crippen LogP contribution in [0.15, 0.2) is 24.3 Å². The molecule has 0 atom stereocenters. The predicted octanol–water partition coefficient (Wildman–Crippen LogP) is 3.24. The molecule has 2 rings (SSSR count). The summed E-state index contributed by atoms with van der Waals surface area (Å²) >= 11 is 6.31. The quantitative estimate of drug-likeness (QED) is 0.654. The van der Waals surface area contributed by atoms with E-state index in [1.54, 1.807) is 0 Å². The van der Waals surface area contributed by atoms with Crippen molar-refractivity contribution in [2.24, 2.45) is 0 Å². The normalized spacial score (nSPS) is 11.4. The van der Waals surface area contributed by atoms with Crippen LogP contribution in [0.25, 0.3) is 10.9 Å². The number of aromatic nitrogens is 1. The van der Waals surface area contributed by atoms with Crippen LogP contribution in [-0.4, -0.2) is 37.1 Å². The van der Waals surface area contributed by atoms with Crippen molar-refractivity contribution >= 4 is 22.5 Å². The van der Waals surface area contributed by atoms with E-state index in [9.17, 15) is 0 Å². The summed E-state index contributed by atoms with van der Waals surface area (Å²) in [6.07, 6.45) is 1.13. The molecule has 0 aliphatic rings. The predicted molar refractivity (Wildman–Crippen MR) is 86.4 cm³/mol. The number of nitrogens with zero attached hydrogens (tertiary/aromatic N) is 2. The molecule has 3 nitrogen and oxygen atoms in total. The molecule has 4 heteroatoms. The number of halogens is 1. The smallest absolute Gasteiger partial charge is 0.134 e. The maximum atomic E-state index is 6.31. The molecule has 0 fully saturated rings. The fourth-order valence-corrected chi connectivity index (χ4v) is 2.51. The first-order valence-corrected chi connectivity index (χ1v) is 7.37. The van der Waals surface area contributed by atoms with Crippen LogP contribution in [0.1, 0.15) is 17.5 Å². The number of rotatable bonds is 6. The third-order valence-corrected chi connectivity index (χ3v) is 3.73. The fraction of sp³-hybridized carbons (Fsp3) is 0.438. The van der Waals surface area contributed by atoms with Gasteiger partial charge in [-0.25, -0.2) is 4.98 Å². The number of hydrogen-bond acceptors (Lipinski definition) is 3. The van der Waals surface area contributed by atoms with Crippen LogP contribution >= 0.6 is 11.6 Å². The van der Waals surface area contributed by atoms with Gasteiger partial charge in [0.05, 0.1) is 5.52 Å². The minimum absolute atomic E-state index is 0.614. The topological polar surface area (TPSA) is 28.2 Å². The Hall–Kier alpha value is -1.16. The molecule has 0 saturated carbocycles. The molecule has 0 aliphatic heterocycles. The summed E-state index contributed by atoms with van der Waals surface area (Å²) in [4.78, 5) is 6.79. The summed E-state index contributed by atoms with van der Waals surface area (Å²) in [6, 6.07) is 8.44. The van der Waals surface area contributed by atoms with Gasteiger partial charge in [-0.2, -0.15) is 0 Å². The van der Waals surface area contributed by atoms with Crippen LogP contribution in [0, 0.1) is 6.92 Å². The van der Waals surface area contributed by atoms with Gasteiger partial charge in [0.2, 0.25) is 0 Å². The number of aryl methyl sites for hydroxylation is 1. The molecule has 0 unspecified atom stereocenters.